The zero-order chi connectivity index (χ0) is 12.6. The molecule has 1 aromatic carbocycles. The fourth-order valence-corrected chi connectivity index (χ4v) is 2.50. The van der Waals surface area contributed by atoms with Gasteiger partial charge in [-0.2, -0.15) is 0 Å². The summed E-state index contributed by atoms with van der Waals surface area (Å²) in [6.07, 6.45) is 1.84. The molecule has 1 atom stereocenters. The lowest BCUT2D eigenvalue weighted by atomic mass is 10.2. The van der Waals surface area contributed by atoms with Gasteiger partial charge in [-0.05, 0) is 31.2 Å². The van der Waals surface area contributed by atoms with Gasteiger partial charge in [-0.3, -0.25) is 4.98 Å². The first-order chi connectivity index (χ1) is 8.86. The number of hydrogen-bond donors (Lipinski definition) is 1. The predicted molar refractivity (Wildman–Crippen MR) is 77.8 cm³/mol. The molecule has 0 aliphatic carbocycles. The number of nitrogens with one attached hydrogen (secondary N) is 1. The Balaban J connectivity index is 1.70. The van der Waals surface area contributed by atoms with E-state index in [1.54, 1.807) is 0 Å². The molecule has 0 aliphatic rings. The molecule has 0 bridgehead atoms. The highest BCUT2D eigenvalue weighted by Gasteiger charge is 2.04. The van der Waals surface area contributed by atoms with E-state index < -0.39 is 0 Å². The molecule has 0 spiro atoms. The van der Waals surface area contributed by atoms with Gasteiger partial charge < -0.3 is 5.32 Å². The smallest absolute Gasteiger partial charge is 0.0570 e. The van der Waals surface area contributed by atoms with Crippen molar-refractivity contribution in [2.45, 2.75) is 17.9 Å². The van der Waals surface area contributed by atoms with Crippen LogP contribution in [0.3, 0.4) is 0 Å². The number of rotatable bonds is 6. The van der Waals surface area contributed by atoms with Gasteiger partial charge in [-0.1, -0.05) is 24.3 Å². The minimum absolute atomic E-state index is 0.308. The molecule has 1 aromatic heterocycles. The molecule has 0 amide bonds. The molecule has 0 radical (unpaired) electrons. The van der Waals surface area contributed by atoms with Gasteiger partial charge in [-0.15, -0.1) is 11.8 Å². The van der Waals surface area contributed by atoms with E-state index in [0.29, 0.717) is 6.04 Å². The quantitative estimate of drug-likeness (QED) is 0.634. The third-order valence-corrected chi connectivity index (χ3v) is 3.71. The maximum absolute atomic E-state index is 4.35. The van der Waals surface area contributed by atoms with Gasteiger partial charge in [0.15, 0.2) is 0 Å². The van der Waals surface area contributed by atoms with E-state index in [-0.39, 0.29) is 0 Å². The first-order valence-corrected chi connectivity index (χ1v) is 7.17. The van der Waals surface area contributed by atoms with Crippen molar-refractivity contribution in [1.82, 2.24) is 10.3 Å². The van der Waals surface area contributed by atoms with Gasteiger partial charge in [0.05, 0.1) is 5.69 Å². The van der Waals surface area contributed by atoms with Crippen molar-refractivity contribution >= 4 is 11.8 Å². The van der Waals surface area contributed by atoms with Gasteiger partial charge in [0, 0.05) is 29.4 Å². The van der Waals surface area contributed by atoms with Crippen LogP contribution < -0.4 is 5.32 Å². The first kappa shape index (κ1) is 13.1. The minimum atomic E-state index is 0.308. The molecule has 0 fully saturated rings. The van der Waals surface area contributed by atoms with Crippen LogP contribution in [0, 0.1) is 0 Å². The molecular weight excluding hydrogens is 240 g/mol. The van der Waals surface area contributed by atoms with Crippen molar-refractivity contribution in [1.29, 1.82) is 0 Å². The normalized spacial score (nSPS) is 12.3. The summed E-state index contributed by atoms with van der Waals surface area (Å²) in [5.74, 6) is 1.07. The Bertz CT molecular complexity index is 445. The van der Waals surface area contributed by atoms with Crippen molar-refractivity contribution in [3.8, 4) is 0 Å². The van der Waals surface area contributed by atoms with Crippen molar-refractivity contribution in [2.75, 3.05) is 12.3 Å². The van der Waals surface area contributed by atoms with Crippen molar-refractivity contribution in [3.05, 3.63) is 60.4 Å². The Kier molecular flexibility index (Phi) is 5.24. The average Bonchev–Trinajstić information content (AvgIpc) is 2.45. The summed E-state index contributed by atoms with van der Waals surface area (Å²) in [5.41, 5.74) is 1.10. The number of aromatic nitrogens is 1. The Morgan fingerprint density at radius 3 is 2.61 bits per heavy atom. The summed E-state index contributed by atoms with van der Waals surface area (Å²) in [5, 5.41) is 3.49. The van der Waals surface area contributed by atoms with Crippen LogP contribution in [0.4, 0.5) is 0 Å². The number of nitrogens with zero attached hydrogens (tertiary/aromatic N) is 1. The van der Waals surface area contributed by atoms with E-state index in [1.165, 1.54) is 4.90 Å². The van der Waals surface area contributed by atoms with E-state index in [2.05, 4.69) is 47.6 Å². The lowest BCUT2D eigenvalue weighted by Crippen LogP contribution is -2.22. The van der Waals surface area contributed by atoms with Gasteiger partial charge >= 0.3 is 0 Å². The lowest BCUT2D eigenvalue weighted by Gasteiger charge is -2.12. The van der Waals surface area contributed by atoms with Gasteiger partial charge in [-0.25, -0.2) is 0 Å². The second-order valence-corrected chi connectivity index (χ2v) is 5.26. The Labute approximate surface area is 113 Å². The summed E-state index contributed by atoms with van der Waals surface area (Å²) in [6.45, 7) is 3.13. The molecule has 2 aromatic rings. The van der Waals surface area contributed by atoms with Crippen molar-refractivity contribution in [2.24, 2.45) is 0 Å². The molecule has 94 valence electrons. The molecule has 2 rings (SSSR count). The Morgan fingerprint density at radius 1 is 1.11 bits per heavy atom. The first-order valence-electron chi connectivity index (χ1n) is 6.18. The SMILES string of the molecule is C[C@@H](NCCSc1ccccc1)c1ccccn1. The average molecular weight is 258 g/mol. The highest BCUT2D eigenvalue weighted by atomic mass is 32.2. The van der Waals surface area contributed by atoms with Crippen LogP contribution in [0.25, 0.3) is 0 Å². The zero-order valence-electron chi connectivity index (χ0n) is 10.5. The van der Waals surface area contributed by atoms with Crippen LogP contribution in [-0.2, 0) is 0 Å². The highest BCUT2D eigenvalue weighted by molar-refractivity contribution is 7.99. The van der Waals surface area contributed by atoms with Crippen molar-refractivity contribution < 1.29 is 0 Å². The molecule has 0 aliphatic heterocycles. The second-order valence-electron chi connectivity index (χ2n) is 4.09. The molecule has 2 nitrogen and oxygen atoms in total. The van der Waals surface area contributed by atoms with Gasteiger partial charge in [0.25, 0.3) is 0 Å². The number of thioether (sulfide) groups is 1. The topological polar surface area (TPSA) is 24.9 Å². The fraction of sp³-hybridized carbons (Fsp3) is 0.267. The van der Waals surface area contributed by atoms with Gasteiger partial charge in [0.2, 0.25) is 0 Å². The van der Waals surface area contributed by atoms with Crippen LogP contribution in [0.2, 0.25) is 0 Å². The zero-order valence-corrected chi connectivity index (χ0v) is 11.4. The van der Waals surface area contributed by atoms with Gasteiger partial charge in [0.1, 0.15) is 0 Å². The highest BCUT2D eigenvalue weighted by Crippen LogP contribution is 2.16. The monoisotopic (exact) mass is 258 g/mol. The van der Waals surface area contributed by atoms with E-state index in [9.17, 15) is 0 Å². The second kappa shape index (κ2) is 7.19. The Morgan fingerprint density at radius 2 is 1.89 bits per heavy atom. The molecule has 1 N–H and O–H groups in total. The van der Waals surface area contributed by atoms with Crippen molar-refractivity contribution in [3.63, 3.8) is 0 Å². The molecule has 3 heteroatoms. The third kappa shape index (κ3) is 4.17. The fourth-order valence-electron chi connectivity index (χ4n) is 1.70. The van der Waals surface area contributed by atoms with E-state index in [1.807, 2.05) is 36.2 Å². The molecule has 0 saturated heterocycles. The molecule has 1 heterocycles. The Hall–Kier alpha value is -1.32. The molecule has 0 saturated carbocycles. The standard InChI is InChI=1S/C15H18N2S/c1-13(15-9-5-6-10-17-15)16-11-12-18-14-7-3-2-4-8-14/h2-10,13,16H,11-12H2,1H3/t13-/m1/s1. The summed E-state index contributed by atoms with van der Waals surface area (Å²) in [7, 11) is 0. The number of benzene rings is 1. The summed E-state index contributed by atoms with van der Waals surface area (Å²) in [6, 6.07) is 16.8. The van der Waals surface area contributed by atoms with Crippen LogP contribution in [-0.4, -0.2) is 17.3 Å². The van der Waals surface area contributed by atoms with Crippen LogP contribution in [0.1, 0.15) is 18.7 Å². The van der Waals surface area contributed by atoms with Crippen LogP contribution in [0.5, 0.6) is 0 Å². The summed E-state index contributed by atoms with van der Waals surface area (Å²) >= 11 is 1.87. The predicted octanol–water partition coefficient (Wildman–Crippen LogP) is 3.52. The number of hydrogen-bond acceptors (Lipinski definition) is 3. The lowest BCUT2D eigenvalue weighted by molar-refractivity contribution is 0.586. The third-order valence-electron chi connectivity index (χ3n) is 2.70. The molecule has 18 heavy (non-hydrogen) atoms. The van der Waals surface area contributed by atoms with E-state index >= 15 is 0 Å². The minimum Gasteiger partial charge on any atom is -0.308 e. The van der Waals surface area contributed by atoms with Crippen LogP contribution >= 0.6 is 11.8 Å². The summed E-state index contributed by atoms with van der Waals surface area (Å²) < 4.78 is 0. The van der Waals surface area contributed by atoms with E-state index in [4.69, 9.17) is 0 Å². The number of pyridine rings is 1. The summed E-state index contributed by atoms with van der Waals surface area (Å²) in [4.78, 5) is 5.67. The maximum atomic E-state index is 4.35. The largest absolute Gasteiger partial charge is 0.308 e. The maximum Gasteiger partial charge on any atom is 0.0570 e. The van der Waals surface area contributed by atoms with E-state index in [0.717, 1.165) is 18.0 Å². The molecule has 0 unspecified atom stereocenters. The van der Waals surface area contributed by atoms with Crippen LogP contribution in [0.15, 0.2) is 59.6 Å². The molecular formula is C15H18N2S.